The maximum atomic E-state index is 14.0. The Morgan fingerprint density at radius 2 is 2.09 bits per heavy atom. The minimum Gasteiger partial charge on any atom is -0.491 e. The molecule has 1 N–H and O–H groups in total. The van der Waals surface area contributed by atoms with Gasteiger partial charge in [-0.2, -0.15) is 0 Å². The van der Waals surface area contributed by atoms with E-state index in [0.717, 1.165) is 46.3 Å². The number of benzene rings is 2. The lowest BCUT2D eigenvalue weighted by Crippen LogP contribution is -2.53. The molecular weight excluding hydrogens is 467 g/mol. The van der Waals surface area contributed by atoms with Gasteiger partial charge in [0.1, 0.15) is 24.3 Å². The SMILES string of the molecule is Cc1nc2cc(OCC(O)CN3CCN(Cc4cc(-c5ccccc5F)on4)CC3C)ccc2s1. The van der Waals surface area contributed by atoms with Crippen molar-refractivity contribution in [3.63, 3.8) is 0 Å². The number of rotatable bonds is 8. The molecule has 3 heterocycles. The number of aromatic nitrogens is 2. The van der Waals surface area contributed by atoms with E-state index in [1.165, 1.54) is 6.07 Å². The molecule has 0 saturated carbocycles. The number of hydrogen-bond acceptors (Lipinski definition) is 8. The van der Waals surface area contributed by atoms with Crippen molar-refractivity contribution in [3.05, 3.63) is 65.0 Å². The van der Waals surface area contributed by atoms with E-state index in [2.05, 4.69) is 26.9 Å². The zero-order valence-corrected chi connectivity index (χ0v) is 20.7. The fourth-order valence-electron chi connectivity index (χ4n) is 4.52. The first-order chi connectivity index (χ1) is 16.9. The second-order valence-electron chi connectivity index (χ2n) is 9.07. The van der Waals surface area contributed by atoms with Gasteiger partial charge in [-0.15, -0.1) is 11.3 Å². The summed E-state index contributed by atoms with van der Waals surface area (Å²) in [7, 11) is 0. The van der Waals surface area contributed by atoms with Crippen molar-refractivity contribution in [2.45, 2.75) is 32.5 Å². The van der Waals surface area contributed by atoms with Gasteiger partial charge in [0.15, 0.2) is 5.76 Å². The van der Waals surface area contributed by atoms with Crippen molar-refractivity contribution < 1.29 is 18.8 Å². The zero-order valence-electron chi connectivity index (χ0n) is 19.9. The topological polar surface area (TPSA) is 74.9 Å². The third-order valence-electron chi connectivity index (χ3n) is 6.29. The molecule has 184 valence electrons. The number of aliphatic hydroxyl groups is 1. The third-order valence-corrected chi connectivity index (χ3v) is 7.24. The number of aryl methyl sites for hydroxylation is 1. The van der Waals surface area contributed by atoms with E-state index < -0.39 is 6.10 Å². The van der Waals surface area contributed by atoms with Crippen LogP contribution in [0.3, 0.4) is 0 Å². The molecule has 0 spiro atoms. The molecule has 2 unspecified atom stereocenters. The van der Waals surface area contributed by atoms with Crippen LogP contribution in [-0.4, -0.2) is 70.0 Å². The average Bonchev–Trinajstić information content (AvgIpc) is 3.45. The predicted octanol–water partition coefficient (Wildman–Crippen LogP) is 4.34. The molecule has 35 heavy (non-hydrogen) atoms. The number of hydrogen-bond donors (Lipinski definition) is 1. The molecule has 1 aliphatic rings. The van der Waals surface area contributed by atoms with Crippen LogP contribution in [0.1, 0.15) is 17.6 Å². The van der Waals surface area contributed by atoms with E-state index in [1.54, 1.807) is 35.6 Å². The Balaban J connectivity index is 1.10. The molecule has 0 bridgehead atoms. The largest absolute Gasteiger partial charge is 0.491 e. The van der Waals surface area contributed by atoms with Gasteiger partial charge in [0.05, 0.1) is 26.5 Å². The predicted molar refractivity (Wildman–Crippen MR) is 134 cm³/mol. The van der Waals surface area contributed by atoms with Gasteiger partial charge in [-0.25, -0.2) is 9.37 Å². The third kappa shape index (κ3) is 5.70. The smallest absolute Gasteiger partial charge is 0.170 e. The summed E-state index contributed by atoms with van der Waals surface area (Å²) in [4.78, 5) is 9.08. The van der Waals surface area contributed by atoms with Crippen LogP contribution in [0, 0.1) is 12.7 Å². The van der Waals surface area contributed by atoms with Crippen LogP contribution >= 0.6 is 11.3 Å². The number of β-amino-alcohol motifs (C(OH)–C–C–N with tert-alkyl or cyclic N) is 1. The number of fused-ring (bicyclic) bond motifs is 1. The summed E-state index contributed by atoms with van der Waals surface area (Å²) in [5.74, 6) is 0.845. The molecule has 4 aromatic rings. The van der Waals surface area contributed by atoms with E-state index >= 15 is 0 Å². The van der Waals surface area contributed by atoms with Gasteiger partial charge in [-0.3, -0.25) is 9.80 Å². The molecule has 0 aliphatic carbocycles. The fraction of sp³-hybridized carbons (Fsp3) is 0.385. The number of halogens is 1. The molecule has 7 nitrogen and oxygen atoms in total. The quantitative estimate of drug-likeness (QED) is 0.389. The van der Waals surface area contributed by atoms with E-state index in [4.69, 9.17) is 9.26 Å². The number of piperazine rings is 1. The molecule has 1 saturated heterocycles. The van der Waals surface area contributed by atoms with E-state index in [9.17, 15) is 9.50 Å². The Labute approximate surface area is 207 Å². The van der Waals surface area contributed by atoms with Crippen molar-refractivity contribution >= 4 is 21.6 Å². The van der Waals surface area contributed by atoms with Gasteiger partial charge >= 0.3 is 0 Å². The Morgan fingerprint density at radius 3 is 2.91 bits per heavy atom. The van der Waals surface area contributed by atoms with Crippen LogP contribution in [-0.2, 0) is 6.54 Å². The highest BCUT2D eigenvalue weighted by Gasteiger charge is 2.26. The van der Waals surface area contributed by atoms with Crippen molar-refractivity contribution in [2.24, 2.45) is 0 Å². The number of aliphatic hydroxyl groups excluding tert-OH is 1. The van der Waals surface area contributed by atoms with Gasteiger partial charge in [0.25, 0.3) is 0 Å². The lowest BCUT2D eigenvalue weighted by molar-refractivity contribution is 0.0192. The second kappa shape index (κ2) is 10.4. The average molecular weight is 497 g/mol. The van der Waals surface area contributed by atoms with Crippen LogP contribution in [0.25, 0.3) is 21.5 Å². The highest BCUT2D eigenvalue weighted by atomic mass is 32.1. The minimum atomic E-state index is -0.587. The van der Waals surface area contributed by atoms with Crippen molar-refractivity contribution in [1.29, 1.82) is 0 Å². The van der Waals surface area contributed by atoms with Crippen LogP contribution in [0.15, 0.2) is 53.1 Å². The molecule has 2 atom stereocenters. The molecule has 2 aromatic heterocycles. The van der Waals surface area contributed by atoms with Crippen LogP contribution in [0.5, 0.6) is 5.75 Å². The Morgan fingerprint density at radius 1 is 1.23 bits per heavy atom. The summed E-state index contributed by atoms with van der Waals surface area (Å²) in [6.07, 6.45) is -0.587. The van der Waals surface area contributed by atoms with Gasteiger partial charge in [-0.05, 0) is 38.1 Å². The van der Waals surface area contributed by atoms with Gasteiger partial charge in [0, 0.05) is 50.9 Å². The Hall–Kier alpha value is -2.85. The summed E-state index contributed by atoms with van der Waals surface area (Å²) in [6, 6.07) is 14.5. The first kappa shape index (κ1) is 23.9. The first-order valence-electron chi connectivity index (χ1n) is 11.8. The van der Waals surface area contributed by atoms with Gasteiger partial charge < -0.3 is 14.4 Å². The number of ether oxygens (including phenoxy) is 1. The van der Waals surface area contributed by atoms with Crippen LogP contribution in [0.2, 0.25) is 0 Å². The van der Waals surface area contributed by atoms with Crippen LogP contribution < -0.4 is 4.74 Å². The summed E-state index contributed by atoms with van der Waals surface area (Å²) in [6.45, 7) is 8.10. The lowest BCUT2D eigenvalue weighted by atomic mass is 10.1. The molecule has 1 aliphatic heterocycles. The normalized spacial score (nSPS) is 18.2. The lowest BCUT2D eigenvalue weighted by Gasteiger charge is -2.40. The molecule has 0 radical (unpaired) electrons. The van der Waals surface area contributed by atoms with Crippen molar-refractivity contribution in [2.75, 3.05) is 32.8 Å². The maximum absolute atomic E-state index is 14.0. The summed E-state index contributed by atoms with van der Waals surface area (Å²) in [5.41, 5.74) is 2.13. The summed E-state index contributed by atoms with van der Waals surface area (Å²) < 4.78 is 26.4. The zero-order chi connectivity index (χ0) is 24.4. The number of nitrogens with zero attached hydrogens (tertiary/aromatic N) is 4. The highest BCUT2D eigenvalue weighted by molar-refractivity contribution is 7.18. The highest BCUT2D eigenvalue weighted by Crippen LogP contribution is 2.26. The van der Waals surface area contributed by atoms with Crippen LogP contribution in [0.4, 0.5) is 4.39 Å². The fourth-order valence-corrected chi connectivity index (χ4v) is 5.32. The molecule has 0 amide bonds. The molecule has 9 heteroatoms. The van der Waals surface area contributed by atoms with Crippen molar-refractivity contribution in [1.82, 2.24) is 19.9 Å². The Bertz CT molecular complexity index is 1290. The maximum Gasteiger partial charge on any atom is 0.170 e. The second-order valence-corrected chi connectivity index (χ2v) is 10.3. The van der Waals surface area contributed by atoms with Gasteiger partial charge in [0.2, 0.25) is 0 Å². The summed E-state index contributed by atoms with van der Waals surface area (Å²) in [5, 5.41) is 15.7. The monoisotopic (exact) mass is 496 g/mol. The first-order valence-corrected chi connectivity index (χ1v) is 12.6. The van der Waals surface area contributed by atoms with E-state index in [0.29, 0.717) is 24.4 Å². The minimum absolute atomic E-state index is 0.235. The molecular formula is C26H29FN4O3S. The van der Waals surface area contributed by atoms with Gasteiger partial charge in [-0.1, -0.05) is 17.3 Å². The standard InChI is InChI=1S/C26H29FN4O3S/c1-17-13-30(14-19-11-25(34-29-19)22-5-3-4-6-23(22)27)9-10-31(17)15-20(32)16-33-21-7-8-26-24(12-21)28-18(2)35-26/h3-8,11-12,17,20,32H,9-10,13-16H2,1-2H3. The number of thiazole rings is 1. The Kier molecular flexibility index (Phi) is 7.10. The van der Waals surface area contributed by atoms with E-state index in [1.807, 2.05) is 25.1 Å². The summed E-state index contributed by atoms with van der Waals surface area (Å²) >= 11 is 1.66. The van der Waals surface area contributed by atoms with Crippen molar-refractivity contribution in [3.8, 4) is 17.1 Å². The van der Waals surface area contributed by atoms with E-state index in [-0.39, 0.29) is 18.5 Å². The molecule has 2 aromatic carbocycles. The molecule has 1 fully saturated rings. The molecule has 5 rings (SSSR count).